The van der Waals surface area contributed by atoms with Gasteiger partial charge in [0.15, 0.2) is 0 Å². The zero-order valence-electron chi connectivity index (χ0n) is 28.1. The largest absolute Gasteiger partial charge is 0.573 e. The Balaban J connectivity index is 1.19. The minimum absolute atomic E-state index is 0.00969. The van der Waals surface area contributed by atoms with Crippen molar-refractivity contribution in [1.82, 2.24) is 19.4 Å². The number of piperidine rings is 1. The van der Waals surface area contributed by atoms with Gasteiger partial charge in [-0.3, -0.25) is 4.79 Å². The highest BCUT2D eigenvalue weighted by molar-refractivity contribution is 7.21. The van der Waals surface area contributed by atoms with E-state index < -0.39 is 12.3 Å². The number of carboxylic acid groups (broad SMARTS) is 1. The lowest BCUT2D eigenvalue weighted by Crippen LogP contribution is -2.46. The number of amides is 1. The molecule has 6 aromatic rings. The van der Waals surface area contributed by atoms with Crippen molar-refractivity contribution in [2.45, 2.75) is 44.6 Å². The van der Waals surface area contributed by atoms with Crippen LogP contribution in [0.2, 0.25) is 0 Å². The summed E-state index contributed by atoms with van der Waals surface area (Å²) in [5.74, 6) is -1.36. The SMILES string of the molecule is O=C(O)c1cc2c(s1)c(-c1ccccc1)c(-c1ccc3nc(-c4cccc(OC(F)(F)F)c4)ccc3c1)n2CC(=O)N1CCC(N2CCCC2)CC1. The number of likely N-dealkylation sites (tertiary alicyclic amines) is 2. The first kappa shape index (κ1) is 33.9. The number of aromatic nitrogens is 2. The van der Waals surface area contributed by atoms with Gasteiger partial charge >= 0.3 is 12.3 Å². The Morgan fingerprint density at radius 2 is 1.60 bits per heavy atom. The highest BCUT2D eigenvalue weighted by atomic mass is 32.1. The molecule has 0 saturated carbocycles. The van der Waals surface area contributed by atoms with Gasteiger partial charge in [-0.2, -0.15) is 0 Å². The van der Waals surface area contributed by atoms with E-state index in [0.29, 0.717) is 41.4 Å². The molecule has 0 radical (unpaired) electrons. The fourth-order valence-corrected chi connectivity index (χ4v) is 8.74. The van der Waals surface area contributed by atoms with Gasteiger partial charge in [0.05, 0.1) is 27.1 Å². The van der Waals surface area contributed by atoms with Crippen LogP contribution >= 0.6 is 11.3 Å². The lowest BCUT2D eigenvalue weighted by molar-refractivity contribution is -0.274. The number of fused-ring (bicyclic) bond motifs is 2. The van der Waals surface area contributed by atoms with E-state index in [-0.39, 0.29) is 23.1 Å². The van der Waals surface area contributed by atoms with Crippen LogP contribution < -0.4 is 4.74 Å². The van der Waals surface area contributed by atoms with Gasteiger partial charge in [-0.1, -0.05) is 54.6 Å². The van der Waals surface area contributed by atoms with E-state index >= 15 is 0 Å². The summed E-state index contributed by atoms with van der Waals surface area (Å²) in [6.45, 7) is 3.67. The number of pyridine rings is 1. The van der Waals surface area contributed by atoms with Crippen LogP contribution in [0.5, 0.6) is 5.75 Å². The zero-order chi connectivity index (χ0) is 36.0. The van der Waals surface area contributed by atoms with Crippen molar-refractivity contribution in [1.29, 1.82) is 0 Å². The summed E-state index contributed by atoms with van der Waals surface area (Å²) in [7, 11) is 0. The van der Waals surface area contributed by atoms with E-state index in [9.17, 15) is 27.9 Å². The van der Waals surface area contributed by atoms with Crippen LogP contribution in [0.1, 0.15) is 35.4 Å². The van der Waals surface area contributed by atoms with E-state index in [1.807, 2.05) is 64.1 Å². The van der Waals surface area contributed by atoms with Crippen LogP contribution in [0.25, 0.3) is 54.8 Å². The van der Waals surface area contributed by atoms with Gasteiger partial charge in [0.2, 0.25) is 5.91 Å². The fraction of sp³-hybridized carbons (Fsp3) is 0.275. The molecule has 52 heavy (non-hydrogen) atoms. The number of ether oxygens (including phenoxy) is 1. The average molecular weight is 725 g/mol. The maximum absolute atomic E-state index is 14.1. The summed E-state index contributed by atoms with van der Waals surface area (Å²) in [6.07, 6.45) is -0.462. The second-order valence-corrected chi connectivity index (χ2v) is 14.4. The smallest absolute Gasteiger partial charge is 0.477 e. The number of thiophene rings is 1. The molecule has 3 aromatic carbocycles. The van der Waals surface area contributed by atoms with Crippen LogP contribution in [0.15, 0.2) is 91.0 Å². The Labute approximate surface area is 301 Å². The van der Waals surface area contributed by atoms with Crippen LogP contribution in [0, 0.1) is 0 Å². The first-order valence-electron chi connectivity index (χ1n) is 17.4. The minimum atomic E-state index is -4.80. The fourth-order valence-electron chi connectivity index (χ4n) is 7.68. The van der Waals surface area contributed by atoms with Crippen molar-refractivity contribution in [2.24, 2.45) is 0 Å². The predicted octanol–water partition coefficient (Wildman–Crippen LogP) is 8.94. The molecule has 8 nitrogen and oxygen atoms in total. The third-order valence-corrected chi connectivity index (χ3v) is 11.2. The summed E-state index contributed by atoms with van der Waals surface area (Å²) < 4.78 is 45.5. The van der Waals surface area contributed by atoms with Gasteiger partial charge in [-0.25, -0.2) is 9.78 Å². The number of halogens is 3. The quantitative estimate of drug-likeness (QED) is 0.169. The summed E-state index contributed by atoms with van der Waals surface area (Å²) in [5.41, 5.74) is 5.65. The number of aromatic carboxylic acids is 1. The van der Waals surface area contributed by atoms with E-state index in [0.717, 1.165) is 58.4 Å². The molecule has 0 spiro atoms. The third kappa shape index (κ3) is 6.75. The maximum atomic E-state index is 14.1. The van der Waals surface area contributed by atoms with Gasteiger partial charge in [0, 0.05) is 35.6 Å². The van der Waals surface area contributed by atoms with Crippen LogP contribution in [-0.2, 0) is 11.3 Å². The van der Waals surface area contributed by atoms with Crippen LogP contribution in [-0.4, -0.2) is 74.9 Å². The van der Waals surface area contributed by atoms with Gasteiger partial charge < -0.3 is 24.2 Å². The molecule has 2 saturated heterocycles. The Morgan fingerprint density at radius 3 is 2.33 bits per heavy atom. The standard InChI is InChI=1S/C40H35F3N4O4S/c41-40(42,43)51-30-10-6-9-26(22-30)31-13-11-27-21-28(12-14-32(27)44-31)37-36(25-7-2-1-3-8-25)38-33(23-34(52-38)39(49)50)47(37)24-35(48)46-19-15-29(16-20-46)45-17-4-5-18-45/h1-3,6-14,21-23,29H,4-5,15-20,24H2,(H,49,50). The third-order valence-electron chi connectivity index (χ3n) is 10.1. The lowest BCUT2D eigenvalue weighted by atomic mass is 9.99. The number of nitrogens with zero attached hydrogens (tertiary/aromatic N) is 4. The molecule has 3 aromatic heterocycles. The number of carbonyl (C=O) groups is 2. The Hall–Kier alpha value is -5.20. The number of benzene rings is 3. The number of rotatable bonds is 8. The first-order chi connectivity index (χ1) is 25.1. The number of hydrogen-bond acceptors (Lipinski definition) is 6. The Bertz CT molecular complexity index is 2290. The molecule has 2 aliphatic heterocycles. The summed E-state index contributed by atoms with van der Waals surface area (Å²) in [6, 6.07) is 27.0. The molecule has 5 heterocycles. The molecule has 2 fully saturated rings. The minimum Gasteiger partial charge on any atom is -0.477 e. The molecule has 0 bridgehead atoms. The van der Waals surface area contributed by atoms with Gasteiger partial charge in [0.25, 0.3) is 0 Å². The van der Waals surface area contributed by atoms with Gasteiger partial charge in [-0.05, 0) is 86.3 Å². The Morgan fingerprint density at radius 1 is 0.846 bits per heavy atom. The maximum Gasteiger partial charge on any atom is 0.573 e. The number of carbonyl (C=O) groups excluding carboxylic acids is 1. The van der Waals surface area contributed by atoms with Crippen molar-refractivity contribution in [3.8, 4) is 39.4 Å². The van der Waals surface area contributed by atoms with Gasteiger partial charge in [0.1, 0.15) is 17.2 Å². The summed E-state index contributed by atoms with van der Waals surface area (Å²) >= 11 is 1.20. The molecule has 0 aliphatic carbocycles. The lowest BCUT2D eigenvalue weighted by Gasteiger charge is -2.36. The van der Waals surface area contributed by atoms with Crippen LogP contribution in [0.4, 0.5) is 13.2 Å². The van der Waals surface area contributed by atoms with E-state index in [2.05, 4.69) is 9.64 Å². The van der Waals surface area contributed by atoms with E-state index in [1.54, 1.807) is 18.2 Å². The molecule has 1 N–H and O–H groups in total. The number of hydrogen-bond donors (Lipinski definition) is 1. The first-order valence-corrected chi connectivity index (χ1v) is 18.2. The Kier molecular flexibility index (Phi) is 8.96. The topological polar surface area (TPSA) is 87.9 Å². The zero-order valence-corrected chi connectivity index (χ0v) is 28.9. The summed E-state index contributed by atoms with van der Waals surface area (Å²) in [4.78, 5) is 35.7. The van der Waals surface area contributed by atoms with E-state index in [4.69, 9.17) is 4.98 Å². The molecule has 2 aliphatic rings. The normalized spacial score (nSPS) is 15.9. The van der Waals surface area contributed by atoms with Crippen LogP contribution in [0.3, 0.4) is 0 Å². The highest BCUT2D eigenvalue weighted by Crippen LogP contribution is 2.45. The van der Waals surface area contributed by atoms with Crippen molar-refractivity contribution in [3.05, 3.63) is 95.9 Å². The van der Waals surface area contributed by atoms with Crippen molar-refractivity contribution < 1.29 is 32.6 Å². The molecular formula is C40H35F3N4O4S. The number of carboxylic acids is 1. The second kappa shape index (κ2) is 13.7. The molecule has 1 amide bonds. The second-order valence-electron chi connectivity index (χ2n) is 13.3. The average Bonchev–Trinajstić information content (AvgIpc) is 3.89. The molecule has 12 heteroatoms. The van der Waals surface area contributed by atoms with Gasteiger partial charge in [-0.15, -0.1) is 24.5 Å². The predicted molar refractivity (Wildman–Crippen MR) is 195 cm³/mol. The number of alkyl halides is 3. The monoisotopic (exact) mass is 724 g/mol. The van der Waals surface area contributed by atoms with Crippen molar-refractivity contribution >= 4 is 44.3 Å². The molecule has 0 atom stereocenters. The highest BCUT2D eigenvalue weighted by Gasteiger charge is 2.32. The summed E-state index contributed by atoms with van der Waals surface area (Å²) in [5, 5.41) is 10.8. The molecule has 266 valence electrons. The molecule has 8 rings (SSSR count). The molecular weight excluding hydrogens is 690 g/mol. The van der Waals surface area contributed by atoms with Crippen molar-refractivity contribution in [2.75, 3.05) is 26.2 Å². The van der Waals surface area contributed by atoms with Crippen molar-refractivity contribution in [3.63, 3.8) is 0 Å². The molecule has 0 unspecified atom stereocenters. The van der Waals surface area contributed by atoms with E-state index in [1.165, 1.54) is 42.4 Å².